The Hall–Kier alpha value is -1.21. The molecule has 0 bridgehead atoms. The van der Waals surface area contributed by atoms with Gasteiger partial charge in [-0.1, -0.05) is 30.3 Å². The quantitative estimate of drug-likeness (QED) is 0.355. The van der Waals surface area contributed by atoms with Crippen LogP contribution >= 0.6 is 11.8 Å². The molecular formula is C17H29N3O2S2. The number of nitrogens with zero attached hydrogens (tertiary/aromatic N) is 1. The van der Waals surface area contributed by atoms with Crippen LogP contribution in [-0.4, -0.2) is 52.3 Å². The largest absolute Gasteiger partial charge is 0.356 e. The molecule has 0 saturated carbocycles. The Kier molecular flexibility index (Phi) is 10.6. The molecule has 24 heavy (non-hydrogen) atoms. The number of sulfone groups is 1. The number of unbranched alkanes of at least 4 members (excludes halogenated alkanes) is 1. The molecule has 0 saturated heterocycles. The van der Waals surface area contributed by atoms with Crippen molar-refractivity contribution >= 4 is 27.6 Å². The van der Waals surface area contributed by atoms with Gasteiger partial charge in [-0.05, 0) is 36.8 Å². The van der Waals surface area contributed by atoms with Crippen molar-refractivity contribution in [2.45, 2.75) is 25.0 Å². The van der Waals surface area contributed by atoms with Crippen molar-refractivity contribution in [3.63, 3.8) is 0 Å². The number of guanidine groups is 1. The first-order chi connectivity index (χ1) is 11.6. The van der Waals surface area contributed by atoms with Gasteiger partial charge in [-0.3, -0.25) is 4.99 Å². The summed E-state index contributed by atoms with van der Waals surface area (Å²) in [5.41, 5.74) is 0.841. The minimum Gasteiger partial charge on any atom is -0.356 e. The maximum absolute atomic E-state index is 12.1. The van der Waals surface area contributed by atoms with Gasteiger partial charge >= 0.3 is 0 Å². The third-order valence-corrected chi connectivity index (χ3v) is 5.83. The normalized spacial score (nSPS) is 12.2. The fourth-order valence-corrected chi connectivity index (χ4v) is 4.12. The molecular weight excluding hydrogens is 342 g/mol. The molecule has 1 aromatic rings. The second-order valence-corrected chi connectivity index (χ2v) is 8.73. The van der Waals surface area contributed by atoms with Crippen LogP contribution in [0.4, 0.5) is 0 Å². The first-order valence-electron chi connectivity index (χ1n) is 8.25. The van der Waals surface area contributed by atoms with E-state index < -0.39 is 9.84 Å². The molecule has 5 nitrogen and oxygen atoms in total. The number of rotatable bonds is 11. The van der Waals surface area contributed by atoms with Crippen LogP contribution in [0.15, 0.2) is 35.3 Å². The highest BCUT2D eigenvalue weighted by Crippen LogP contribution is 2.06. The molecule has 1 rings (SSSR count). The Bertz CT molecular complexity index is 575. The Morgan fingerprint density at radius 1 is 1.08 bits per heavy atom. The third kappa shape index (κ3) is 9.82. The predicted octanol–water partition coefficient (Wildman–Crippen LogP) is 2.30. The van der Waals surface area contributed by atoms with Crippen molar-refractivity contribution in [3.05, 3.63) is 35.9 Å². The smallest absolute Gasteiger partial charge is 0.190 e. The van der Waals surface area contributed by atoms with Crippen molar-refractivity contribution in [1.82, 2.24) is 10.6 Å². The molecule has 0 radical (unpaired) electrons. The lowest BCUT2D eigenvalue weighted by Gasteiger charge is -2.12. The molecule has 0 unspecified atom stereocenters. The summed E-state index contributed by atoms with van der Waals surface area (Å²) in [5.74, 6) is 2.20. The molecule has 2 N–H and O–H groups in total. The Morgan fingerprint density at radius 3 is 2.38 bits per heavy atom. The standard InChI is InChI=1S/C17H29N3O2S2/c1-18-17(19-11-6-7-13-23-2)20-12-8-14-24(21,22)15-16-9-4-3-5-10-16/h3-5,9-10H,6-8,11-15H2,1-2H3,(H2,18,19,20). The number of hydrogen-bond donors (Lipinski definition) is 2. The molecule has 0 aromatic heterocycles. The van der Waals surface area contributed by atoms with Gasteiger partial charge in [0, 0.05) is 20.1 Å². The molecule has 0 aliphatic rings. The molecule has 136 valence electrons. The number of thioether (sulfide) groups is 1. The second kappa shape index (κ2) is 12.2. The van der Waals surface area contributed by atoms with E-state index in [0.717, 1.165) is 24.5 Å². The van der Waals surface area contributed by atoms with Crippen LogP contribution in [0, 0.1) is 0 Å². The van der Waals surface area contributed by atoms with Crippen molar-refractivity contribution in [1.29, 1.82) is 0 Å². The average molecular weight is 372 g/mol. The highest BCUT2D eigenvalue weighted by Gasteiger charge is 2.11. The van der Waals surface area contributed by atoms with Crippen molar-refractivity contribution in [2.24, 2.45) is 4.99 Å². The summed E-state index contributed by atoms with van der Waals surface area (Å²) in [7, 11) is -1.34. The van der Waals surface area contributed by atoms with Crippen LogP contribution in [0.2, 0.25) is 0 Å². The molecule has 0 atom stereocenters. The van der Waals surface area contributed by atoms with E-state index in [-0.39, 0.29) is 11.5 Å². The van der Waals surface area contributed by atoms with Gasteiger partial charge < -0.3 is 10.6 Å². The van der Waals surface area contributed by atoms with Crippen LogP contribution in [0.25, 0.3) is 0 Å². The lowest BCUT2D eigenvalue weighted by Crippen LogP contribution is -2.38. The van der Waals surface area contributed by atoms with Gasteiger partial charge in [-0.25, -0.2) is 8.42 Å². The topological polar surface area (TPSA) is 70.6 Å². The minimum absolute atomic E-state index is 0.107. The van der Waals surface area contributed by atoms with Gasteiger partial charge in [0.05, 0.1) is 11.5 Å². The van der Waals surface area contributed by atoms with Crippen molar-refractivity contribution in [3.8, 4) is 0 Å². The summed E-state index contributed by atoms with van der Waals surface area (Å²) in [5, 5.41) is 6.41. The van der Waals surface area contributed by atoms with Gasteiger partial charge in [0.25, 0.3) is 0 Å². The molecule has 0 aliphatic carbocycles. The maximum Gasteiger partial charge on any atom is 0.190 e. The van der Waals surface area contributed by atoms with Crippen LogP contribution in [0.1, 0.15) is 24.8 Å². The fraction of sp³-hybridized carbons (Fsp3) is 0.588. The highest BCUT2D eigenvalue weighted by atomic mass is 32.2. The second-order valence-electron chi connectivity index (χ2n) is 5.56. The van der Waals surface area contributed by atoms with Crippen molar-refractivity contribution in [2.75, 3.05) is 37.9 Å². The summed E-state index contributed by atoms with van der Waals surface area (Å²) in [6.07, 6.45) is 4.97. The van der Waals surface area contributed by atoms with E-state index in [1.807, 2.05) is 42.1 Å². The summed E-state index contributed by atoms with van der Waals surface area (Å²) in [6.45, 7) is 1.48. The summed E-state index contributed by atoms with van der Waals surface area (Å²) in [4.78, 5) is 4.15. The van der Waals surface area contributed by atoms with Gasteiger partial charge in [-0.15, -0.1) is 0 Å². The Labute approximate surface area is 150 Å². The molecule has 1 aromatic carbocycles. The number of hydrogen-bond acceptors (Lipinski definition) is 4. The van der Waals surface area contributed by atoms with E-state index in [0.29, 0.717) is 13.0 Å². The minimum atomic E-state index is -3.07. The zero-order valence-electron chi connectivity index (χ0n) is 14.6. The van der Waals surface area contributed by atoms with E-state index in [1.165, 1.54) is 12.2 Å². The van der Waals surface area contributed by atoms with Gasteiger partial charge in [0.1, 0.15) is 0 Å². The van der Waals surface area contributed by atoms with Crippen LogP contribution in [0.5, 0.6) is 0 Å². The zero-order valence-corrected chi connectivity index (χ0v) is 16.3. The first-order valence-corrected chi connectivity index (χ1v) is 11.5. The number of benzene rings is 1. The van der Waals surface area contributed by atoms with E-state index in [4.69, 9.17) is 0 Å². The predicted molar refractivity (Wildman–Crippen MR) is 106 cm³/mol. The summed E-state index contributed by atoms with van der Waals surface area (Å²) < 4.78 is 24.2. The molecule has 0 fully saturated rings. The Balaban J connectivity index is 2.21. The van der Waals surface area contributed by atoms with Crippen LogP contribution < -0.4 is 10.6 Å². The molecule has 0 spiro atoms. The van der Waals surface area contributed by atoms with E-state index >= 15 is 0 Å². The molecule has 7 heteroatoms. The highest BCUT2D eigenvalue weighted by molar-refractivity contribution is 7.98. The number of nitrogens with one attached hydrogen (secondary N) is 2. The SMILES string of the molecule is CN=C(NCCCCSC)NCCCS(=O)(=O)Cc1ccccc1. The summed E-state index contributed by atoms with van der Waals surface area (Å²) >= 11 is 1.86. The monoisotopic (exact) mass is 371 g/mol. The maximum atomic E-state index is 12.1. The van der Waals surface area contributed by atoms with E-state index in [2.05, 4.69) is 21.9 Å². The molecule has 0 heterocycles. The van der Waals surface area contributed by atoms with Gasteiger partial charge in [0.15, 0.2) is 15.8 Å². The zero-order chi connectivity index (χ0) is 17.7. The van der Waals surface area contributed by atoms with Gasteiger partial charge in [-0.2, -0.15) is 11.8 Å². The van der Waals surface area contributed by atoms with E-state index in [9.17, 15) is 8.42 Å². The lowest BCUT2D eigenvalue weighted by molar-refractivity contribution is 0.591. The van der Waals surface area contributed by atoms with E-state index in [1.54, 1.807) is 7.05 Å². The lowest BCUT2D eigenvalue weighted by atomic mass is 10.2. The average Bonchev–Trinajstić information content (AvgIpc) is 2.57. The van der Waals surface area contributed by atoms with Gasteiger partial charge in [0.2, 0.25) is 0 Å². The molecule has 0 amide bonds. The Morgan fingerprint density at radius 2 is 1.75 bits per heavy atom. The number of aliphatic imine (C=N–C) groups is 1. The van der Waals surface area contributed by atoms with Crippen LogP contribution in [-0.2, 0) is 15.6 Å². The molecule has 0 aliphatic heterocycles. The van der Waals surface area contributed by atoms with Crippen LogP contribution in [0.3, 0.4) is 0 Å². The summed E-state index contributed by atoms with van der Waals surface area (Å²) in [6, 6.07) is 9.31. The fourth-order valence-electron chi connectivity index (χ4n) is 2.20. The van der Waals surface area contributed by atoms with Crippen molar-refractivity contribution < 1.29 is 8.42 Å². The third-order valence-electron chi connectivity index (χ3n) is 3.45. The first kappa shape index (κ1) is 20.8.